The Labute approximate surface area is 196 Å². The fourth-order valence-electron chi connectivity index (χ4n) is 3.41. The number of aryl methyl sites for hydroxylation is 1. The molecule has 1 atom stereocenters. The van der Waals surface area contributed by atoms with Crippen molar-refractivity contribution in [1.29, 1.82) is 0 Å². The molecule has 1 heterocycles. The van der Waals surface area contributed by atoms with Crippen LogP contribution in [0, 0.1) is 6.92 Å². The molecule has 1 unspecified atom stereocenters. The Balaban J connectivity index is 0.00000320. The normalized spacial score (nSPS) is 16.7. The number of benzene rings is 2. The maximum atomic E-state index is 11.6. The van der Waals surface area contributed by atoms with Crippen LogP contribution >= 0.6 is 24.0 Å². The summed E-state index contributed by atoms with van der Waals surface area (Å²) < 4.78 is 25.7. The van der Waals surface area contributed by atoms with Crippen LogP contribution in [0.3, 0.4) is 0 Å². The number of rotatable bonds is 6. The Bertz CT molecular complexity index is 964. The number of nitrogens with zero attached hydrogens (tertiary/aromatic N) is 2. The average Bonchev–Trinajstić information content (AvgIpc) is 3.14. The lowest BCUT2D eigenvalue weighted by atomic mass is 10.2. The zero-order valence-corrected chi connectivity index (χ0v) is 20.7. The Morgan fingerprint density at radius 2 is 1.87 bits per heavy atom. The standard InChI is InChI=1S/C21H29N5O2S.HI/c1-16-8-10-19(11-9-16)26-13-12-18(15-26)24-21(22-2)23-14-17-6-4-5-7-20(17)25-29(3,27)28;/h4-11,18,25H,12-15H2,1-3H3,(H2,22,23,24);1H. The SMILES string of the molecule is CN=C(NCc1ccccc1NS(C)(=O)=O)NC1CCN(c2ccc(C)cc2)C1.I. The third-order valence-electron chi connectivity index (χ3n) is 4.91. The molecule has 30 heavy (non-hydrogen) atoms. The number of guanidine groups is 1. The number of aliphatic imine (C=N–C) groups is 1. The molecular weight excluding hydrogens is 513 g/mol. The van der Waals surface area contributed by atoms with E-state index in [1.54, 1.807) is 13.1 Å². The molecule has 3 N–H and O–H groups in total. The van der Waals surface area contributed by atoms with Gasteiger partial charge in [0, 0.05) is 38.4 Å². The van der Waals surface area contributed by atoms with Crippen molar-refractivity contribution in [3.8, 4) is 0 Å². The van der Waals surface area contributed by atoms with Gasteiger partial charge in [0.15, 0.2) is 5.96 Å². The van der Waals surface area contributed by atoms with Gasteiger partial charge in [-0.05, 0) is 37.1 Å². The van der Waals surface area contributed by atoms with E-state index in [4.69, 9.17) is 0 Å². The van der Waals surface area contributed by atoms with Gasteiger partial charge in [0.25, 0.3) is 0 Å². The highest BCUT2D eigenvalue weighted by Gasteiger charge is 2.23. The zero-order valence-electron chi connectivity index (χ0n) is 17.6. The second kappa shape index (κ2) is 10.9. The number of para-hydroxylation sites is 1. The maximum Gasteiger partial charge on any atom is 0.229 e. The van der Waals surface area contributed by atoms with Crippen molar-refractivity contribution in [1.82, 2.24) is 10.6 Å². The molecule has 7 nitrogen and oxygen atoms in total. The first kappa shape index (κ1) is 24.3. The average molecular weight is 543 g/mol. The van der Waals surface area contributed by atoms with Crippen molar-refractivity contribution < 1.29 is 8.42 Å². The van der Waals surface area contributed by atoms with Gasteiger partial charge in [-0.2, -0.15) is 0 Å². The second-order valence-corrected chi connectivity index (χ2v) is 9.12. The van der Waals surface area contributed by atoms with E-state index >= 15 is 0 Å². The monoisotopic (exact) mass is 543 g/mol. The predicted molar refractivity (Wildman–Crippen MR) is 135 cm³/mol. The van der Waals surface area contributed by atoms with E-state index < -0.39 is 10.0 Å². The lowest BCUT2D eigenvalue weighted by Gasteiger charge is -2.21. The van der Waals surface area contributed by atoms with Crippen LogP contribution in [0.2, 0.25) is 0 Å². The molecule has 0 saturated carbocycles. The molecule has 1 aliphatic rings. The van der Waals surface area contributed by atoms with Gasteiger partial charge < -0.3 is 15.5 Å². The van der Waals surface area contributed by atoms with Crippen LogP contribution in [-0.4, -0.2) is 46.8 Å². The van der Waals surface area contributed by atoms with E-state index in [-0.39, 0.29) is 24.0 Å². The minimum absolute atomic E-state index is 0. The fraction of sp³-hybridized carbons (Fsp3) is 0.381. The van der Waals surface area contributed by atoms with Crippen molar-refractivity contribution in [2.24, 2.45) is 4.99 Å². The van der Waals surface area contributed by atoms with Gasteiger partial charge in [-0.15, -0.1) is 24.0 Å². The molecule has 0 amide bonds. The third kappa shape index (κ3) is 7.05. The summed E-state index contributed by atoms with van der Waals surface area (Å²) >= 11 is 0. The van der Waals surface area contributed by atoms with Crippen LogP contribution in [0.1, 0.15) is 17.5 Å². The topological polar surface area (TPSA) is 85.8 Å². The van der Waals surface area contributed by atoms with E-state index in [2.05, 4.69) is 56.4 Å². The quantitative estimate of drug-likeness (QED) is 0.297. The lowest BCUT2D eigenvalue weighted by Crippen LogP contribution is -2.44. The van der Waals surface area contributed by atoms with Crippen molar-refractivity contribution in [2.75, 3.05) is 36.0 Å². The van der Waals surface area contributed by atoms with E-state index in [0.717, 1.165) is 31.3 Å². The van der Waals surface area contributed by atoms with Gasteiger partial charge in [-0.3, -0.25) is 9.71 Å². The second-order valence-electron chi connectivity index (χ2n) is 7.37. The van der Waals surface area contributed by atoms with Gasteiger partial charge in [0.1, 0.15) is 0 Å². The molecule has 3 rings (SSSR count). The summed E-state index contributed by atoms with van der Waals surface area (Å²) in [7, 11) is -1.59. The number of halogens is 1. The van der Waals surface area contributed by atoms with Gasteiger partial charge in [-0.1, -0.05) is 35.9 Å². The number of nitrogens with one attached hydrogen (secondary N) is 3. The van der Waals surface area contributed by atoms with Gasteiger partial charge in [0.05, 0.1) is 11.9 Å². The van der Waals surface area contributed by atoms with Crippen LogP contribution in [0.5, 0.6) is 0 Å². The molecule has 0 bridgehead atoms. The number of hydrogen-bond donors (Lipinski definition) is 3. The van der Waals surface area contributed by atoms with E-state index in [9.17, 15) is 8.42 Å². The summed E-state index contributed by atoms with van der Waals surface area (Å²) in [5, 5.41) is 6.76. The summed E-state index contributed by atoms with van der Waals surface area (Å²) in [6.07, 6.45) is 2.18. The Kier molecular flexibility index (Phi) is 8.78. The molecule has 164 valence electrons. The molecule has 0 aromatic heterocycles. The summed E-state index contributed by atoms with van der Waals surface area (Å²) in [6.45, 7) is 4.47. The number of sulfonamides is 1. The largest absolute Gasteiger partial charge is 0.369 e. The number of hydrogen-bond acceptors (Lipinski definition) is 4. The van der Waals surface area contributed by atoms with Gasteiger partial charge in [0.2, 0.25) is 10.0 Å². The molecule has 1 saturated heterocycles. The minimum Gasteiger partial charge on any atom is -0.369 e. The fourth-order valence-corrected chi connectivity index (χ4v) is 4.01. The molecule has 0 aliphatic carbocycles. The zero-order chi connectivity index (χ0) is 20.9. The van der Waals surface area contributed by atoms with E-state index in [0.29, 0.717) is 24.2 Å². The summed E-state index contributed by atoms with van der Waals surface area (Å²) in [5.41, 5.74) is 3.93. The molecule has 1 aliphatic heterocycles. The molecule has 2 aromatic carbocycles. The van der Waals surface area contributed by atoms with E-state index in [1.807, 2.05) is 18.2 Å². The third-order valence-corrected chi connectivity index (χ3v) is 5.50. The van der Waals surface area contributed by atoms with Crippen molar-refractivity contribution in [3.05, 3.63) is 59.7 Å². The first-order chi connectivity index (χ1) is 13.8. The summed E-state index contributed by atoms with van der Waals surface area (Å²) in [6, 6.07) is 16.2. The molecule has 1 fully saturated rings. The van der Waals surface area contributed by atoms with E-state index in [1.165, 1.54) is 11.3 Å². The highest BCUT2D eigenvalue weighted by Crippen LogP contribution is 2.21. The first-order valence-electron chi connectivity index (χ1n) is 9.68. The minimum atomic E-state index is -3.33. The Morgan fingerprint density at radius 1 is 1.17 bits per heavy atom. The highest BCUT2D eigenvalue weighted by molar-refractivity contribution is 14.0. The van der Waals surface area contributed by atoms with Crippen LogP contribution in [0.25, 0.3) is 0 Å². The predicted octanol–water partition coefficient (Wildman–Crippen LogP) is 2.93. The lowest BCUT2D eigenvalue weighted by molar-refractivity contribution is 0.606. The summed E-state index contributed by atoms with van der Waals surface area (Å²) in [5.74, 6) is 0.704. The van der Waals surface area contributed by atoms with Crippen LogP contribution in [0.4, 0.5) is 11.4 Å². The Hall–Kier alpha value is -2.01. The molecule has 0 radical (unpaired) electrons. The highest BCUT2D eigenvalue weighted by atomic mass is 127. The van der Waals surface area contributed by atoms with Crippen LogP contribution in [0.15, 0.2) is 53.5 Å². The summed E-state index contributed by atoms with van der Waals surface area (Å²) in [4.78, 5) is 6.69. The smallest absolute Gasteiger partial charge is 0.229 e. The van der Waals surface area contributed by atoms with Crippen molar-refractivity contribution in [2.45, 2.75) is 25.9 Å². The van der Waals surface area contributed by atoms with Crippen molar-refractivity contribution in [3.63, 3.8) is 0 Å². The van der Waals surface area contributed by atoms with Crippen LogP contribution in [-0.2, 0) is 16.6 Å². The van der Waals surface area contributed by atoms with Crippen LogP contribution < -0.4 is 20.3 Å². The molecule has 9 heteroatoms. The molecule has 2 aromatic rings. The maximum absolute atomic E-state index is 11.6. The van der Waals surface area contributed by atoms with Crippen molar-refractivity contribution >= 4 is 51.3 Å². The Morgan fingerprint density at radius 3 is 2.53 bits per heavy atom. The number of anilines is 2. The van der Waals surface area contributed by atoms with Gasteiger partial charge in [-0.25, -0.2) is 8.42 Å². The molecule has 0 spiro atoms. The first-order valence-corrected chi connectivity index (χ1v) is 11.6. The molecular formula is C21H30IN5O2S. The van der Waals surface area contributed by atoms with Gasteiger partial charge >= 0.3 is 0 Å².